The number of fused-ring (bicyclic) bond motifs is 1. The maximum Gasteiger partial charge on any atom is 0.167 e. The van der Waals surface area contributed by atoms with E-state index in [9.17, 15) is 10.2 Å². The van der Waals surface area contributed by atoms with Gasteiger partial charge in [-0.2, -0.15) is 0 Å². The van der Waals surface area contributed by atoms with Crippen LogP contribution in [0.4, 0.5) is 5.82 Å². The van der Waals surface area contributed by atoms with Gasteiger partial charge in [-0.25, -0.2) is 15.0 Å². The summed E-state index contributed by atoms with van der Waals surface area (Å²) in [5.74, 6) is 0.602. The van der Waals surface area contributed by atoms with E-state index in [0.717, 1.165) is 0 Å². The Morgan fingerprint density at radius 3 is 2.68 bits per heavy atom. The second-order valence-electron chi connectivity index (χ2n) is 4.51. The fraction of sp³-hybridized carbons (Fsp3) is 0.545. The maximum absolute atomic E-state index is 10.0. The summed E-state index contributed by atoms with van der Waals surface area (Å²) in [7, 11) is 1.74. The van der Waals surface area contributed by atoms with E-state index in [2.05, 4.69) is 20.3 Å². The number of aromatic nitrogens is 4. The first-order valence-electron chi connectivity index (χ1n) is 6.00. The second kappa shape index (κ2) is 4.41. The maximum atomic E-state index is 10.0. The van der Waals surface area contributed by atoms with Gasteiger partial charge in [-0.3, -0.25) is 4.57 Å². The molecule has 3 rings (SSSR count). The highest BCUT2D eigenvalue weighted by Gasteiger charge is 2.42. The van der Waals surface area contributed by atoms with Gasteiger partial charge >= 0.3 is 0 Å². The lowest BCUT2D eigenvalue weighted by Gasteiger charge is -2.16. The van der Waals surface area contributed by atoms with Crippen molar-refractivity contribution in [1.29, 1.82) is 0 Å². The van der Waals surface area contributed by atoms with E-state index in [0.29, 0.717) is 17.0 Å². The summed E-state index contributed by atoms with van der Waals surface area (Å²) < 4.78 is 7.16. The van der Waals surface area contributed by atoms with Crippen molar-refractivity contribution in [3.05, 3.63) is 12.7 Å². The van der Waals surface area contributed by atoms with E-state index in [1.165, 1.54) is 12.7 Å². The van der Waals surface area contributed by atoms with Crippen molar-refractivity contribution < 1.29 is 14.9 Å². The van der Waals surface area contributed by atoms with Crippen LogP contribution in [0.2, 0.25) is 0 Å². The molecule has 0 amide bonds. The molecule has 2 aromatic heterocycles. The van der Waals surface area contributed by atoms with E-state index in [4.69, 9.17) is 4.74 Å². The first kappa shape index (κ1) is 12.3. The Kier molecular flexibility index (Phi) is 2.85. The third-order valence-electron chi connectivity index (χ3n) is 3.35. The Labute approximate surface area is 109 Å². The van der Waals surface area contributed by atoms with Gasteiger partial charge in [0.1, 0.15) is 24.1 Å². The second-order valence-corrected chi connectivity index (χ2v) is 4.51. The summed E-state index contributed by atoms with van der Waals surface area (Å²) in [4.78, 5) is 12.4. The number of hydrogen-bond acceptors (Lipinski definition) is 7. The van der Waals surface area contributed by atoms with Crippen molar-refractivity contribution in [2.45, 2.75) is 31.5 Å². The van der Waals surface area contributed by atoms with Crippen molar-refractivity contribution >= 4 is 17.0 Å². The van der Waals surface area contributed by atoms with Gasteiger partial charge in [0.25, 0.3) is 0 Å². The molecule has 0 spiro atoms. The van der Waals surface area contributed by atoms with Crippen LogP contribution in [-0.4, -0.2) is 55.1 Å². The van der Waals surface area contributed by atoms with E-state index in [1.807, 2.05) is 0 Å². The lowest BCUT2D eigenvalue weighted by Crippen LogP contribution is -2.30. The largest absolute Gasteiger partial charge is 0.388 e. The van der Waals surface area contributed by atoms with Crippen LogP contribution in [0.25, 0.3) is 11.2 Å². The normalized spacial score (nSPS) is 30.9. The number of anilines is 1. The molecule has 1 fully saturated rings. The summed E-state index contributed by atoms with van der Waals surface area (Å²) in [6.45, 7) is 1.71. The lowest BCUT2D eigenvalue weighted by atomic mass is 10.2. The number of nitrogens with one attached hydrogen (secondary N) is 1. The number of aliphatic hydroxyl groups excluding tert-OH is 2. The molecule has 19 heavy (non-hydrogen) atoms. The SMILES string of the molecule is CNc1ncnc2c1ncn2[C@@H]1O[C@H]([13CH3])[C@@H](O)[C@H]1O. The number of ether oxygens (including phenoxy) is 1. The minimum atomic E-state index is -1.01. The molecule has 1 aliphatic rings. The monoisotopic (exact) mass is 266 g/mol. The van der Waals surface area contributed by atoms with E-state index in [-0.39, 0.29) is 0 Å². The zero-order valence-electron chi connectivity index (χ0n) is 10.6. The van der Waals surface area contributed by atoms with Crippen LogP contribution in [0.1, 0.15) is 13.2 Å². The fourth-order valence-corrected chi connectivity index (χ4v) is 2.28. The van der Waals surface area contributed by atoms with Crippen LogP contribution >= 0.6 is 0 Å². The number of imidazole rings is 1. The molecule has 0 bridgehead atoms. The summed E-state index contributed by atoms with van der Waals surface area (Å²) in [6, 6.07) is 0. The Morgan fingerprint density at radius 1 is 1.26 bits per heavy atom. The zero-order valence-corrected chi connectivity index (χ0v) is 10.6. The van der Waals surface area contributed by atoms with Gasteiger partial charge in [0.05, 0.1) is 12.4 Å². The van der Waals surface area contributed by atoms with Crippen LogP contribution in [0.3, 0.4) is 0 Å². The van der Waals surface area contributed by atoms with Gasteiger partial charge in [0, 0.05) is 7.05 Å². The summed E-state index contributed by atoms with van der Waals surface area (Å²) in [5.41, 5.74) is 1.14. The third-order valence-corrected chi connectivity index (χ3v) is 3.35. The number of rotatable bonds is 2. The average Bonchev–Trinajstić information content (AvgIpc) is 2.95. The van der Waals surface area contributed by atoms with Crippen molar-refractivity contribution in [2.24, 2.45) is 0 Å². The van der Waals surface area contributed by atoms with E-state index in [1.54, 1.807) is 18.5 Å². The molecule has 1 saturated heterocycles. The van der Waals surface area contributed by atoms with Crippen molar-refractivity contribution in [2.75, 3.05) is 12.4 Å². The molecule has 0 aromatic carbocycles. The molecule has 0 aliphatic carbocycles. The molecular formula is C11H15N5O3. The van der Waals surface area contributed by atoms with Gasteiger partial charge < -0.3 is 20.3 Å². The Bertz CT molecular complexity index is 601. The number of hydrogen-bond donors (Lipinski definition) is 3. The van der Waals surface area contributed by atoms with Crippen molar-refractivity contribution in [3.63, 3.8) is 0 Å². The molecule has 2 aromatic rings. The fourth-order valence-electron chi connectivity index (χ4n) is 2.28. The van der Waals surface area contributed by atoms with Gasteiger partial charge in [0.2, 0.25) is 0 Å². The summed E-state index contributed by atoms with van der Waals surface area (Å²) >= 11 is 0. The number of nitrogens with zero attached hydrogens (tertiary/aromatic N) is 4. The molecule has 0 saturated carbocycles. The Morgan fingerprint density at radius 2 is 2.05 bits per heavy atom. The van der Waals surface area contributed by atoms with Crippen molar-refractivity contribution in [1.82, 2.24) is 19.5 Å². The van der Waals surface area contributed by atoms with E-state index >= 15 is 0 Å². The molecule has 8 nitrogen and oxygen atoms in total. The van der Waals surface area contributed by atoms with Crippen molar-refractivity contribution in [3.8, 4) is 0 Å². The standard InChI is InChI=1S/C11H15N5O3/c1-5-7(17)8(18)11(19-5)16-4-15-6-9(12-2)13-3-14-10(6)16/h3-5,7-8,11,17-18H,1-2H3,(H,12,13,14)/t5-,7-,8-,11-/m1/s1/i1+1. The topological polar surface area (TPSA) is 105 Å². The van der Waals surface area contributed by atoms with Crippen LogP contribution in [0.15, 0.2) is 12.7 Å². The molecule has 4 atom stereocenters. The zero-order chi connectivity index (χ0) is 13.6. The van der Waals surface area contributed by atoms with Gasteiger partial charge in [0.15, 0.2) is 17.7 Å². The molecular weight excluding hydrogens is 251 g/mol. The van der Waals surface area contributed by atoms with Gasteiger partial charge in [-0.15, -0.1) is 0 Å². The minimum Gasteiger partial charge on any atom is -0.388 e. The molecule has 102 valence electrons. The quantitative estimate of drug-likeness (QED) is 0.630. The lowest BCUT2D eigenvalue weighted by molar-refractivity contribution is -0.0299. The predicted octanol–water partition coefficient (Wildman–Crippen LogP) is -0.493. The van der Waals surface area contributed by atoms with Gasteiger partial charge in [-0.05, 0) is 6.92 Å². The average molecular weight is 266 g/mol. The first-order valence-corrected chi connectivity index (χ1v) is 6.00. The molecule has 8 heteroatoms. The molecule has 3 heterocycles. The summed E-state index contributed by atoms with van der Waals surface area (Å²) in [6.07, 6.45) is -0.141. The minimum absolute atomic E-state index is 0.442. The number of aliphatic hydroxyl groups is 2. The molecule has 0 radical (unpaired) electrons. The first-order chi connectivity index (χ1) is 9.13. The van der Waals surface area contributed by atoms with Crippen LogP contribution in [0, 0.1) is 0 Å². The van der Waals surface area contributed by atoms with Crippen LogP contribution < -0.4 is 5.32 Å². The summed E-state index contributed by atoms with van der Waals surface area (Å²) in [5, 5.41) is 22.7. The van der Waals surface area contributed by atoms with Crippen LogP contribution in [0.5, 0.6) is 0 Å². The molecule has 1 aliphatic heterocycles. The Hall–Kier alpha value is -1.77. The molecule has 3 N–H and O–H groups in total. The highest BCUT2D eigenvalue weighted by molar-refractivity contribution is 5.82. The van der Waals surface area contributed by atoms with Gasteiger partial charge in [-0.1, -0.05) is 0 Å². The predicted molar refractivity (Wildman–Crippen MR) is 66.5 cm³/mol. The highest BCUT2D eigenvalue weighted by atomic mass is 16.6. The molecule has 0 unspecified atom stereocenters. The highest BCUT2D eigenvalue weighted by Crippen LogP contribution is 2.31. The third kappa shape index (κ3) is 1.76. The smallest absolute Gasteiger partial charge is 0.167 e. The van der Waals surface area contributed by atoms with E-state index < -0.39 is 24.5 Å². The van der Waals surface area contributed by atoms with Crippen LogP contribution in [-0.2, 0) is 4.74 Å². The Balaban J connectivity index is 2.07.